The van der Waals surface area contributed by atoms with Gasteiger partial charge in [0, 0.05) is 13.2 Å². The number of nitrogens with one attached hydrogen (secondary N) is 1. The average Bonchev–Trinajstić information content (AvgIpc) is 2.03. The fourth-order valence-corrected chi connectivity index (χ4v) is 1.04. The molecule has 1 aromatic rings. The lowest BCUT2D eigenvalue weighted by Crippen LogP contribution is -2.06. The first-order chi connectivity index (χ1) is 5.66. The quantitative estimate of drug-likeness (QED) is 0.691. The summed E-state index contributed by atoms with van der Waals surface area (Å²) in [5, 5.41) is 11.5. The van der Waals surface area contributed by atoms with Crippen molar-refractivity contribution in [1.29, 1.82) is 0 Å². The Balaban J connectivity index is 3.27. The van der Waals surface area contributed by atoms with Crippen molar-refractivity contribution < 1.29 is 9.90 Å². The fourth-order valence-electron chi connectivity index (χ4n) is 1.04. The molecule has 0 spiro atoms. The highest BCUT2D eigenvalue weighted by Gasteiger charge is 2.11. The number of hydrogen-bond acceptors (Lipinski definition) is 3. The number of carboxylic acid groups (broad SMARTS) is 1. The van der Waals surface area contributed by atoms with E-state index in [1.54, 1.807) is 13.1 Å². The SMILES string of the molecule is CNc1c(C)ccnc1C(=O)O. The fraction of sp³-hybridized carbons (Fsp3) is 0.250. The van der Waals surface area contributed by atoms with Crippen LogP contribution in [0.25, 0.3) is 0 Å². The van der Waals surface area contributed by atoms with Gasteiger partial charge in [-0.25, -0.2) is 9.78 Å². The van der Waals surface area contributed by atoms with Gasteiger partial charge in [-0.2, -0.15) is 0 Å². The van der Waals surface area contributed by atoms with Crippen molar-refractivity contribution in [3.05, 3.63) is 23.5 Å². The lowest BCUT2D eigenvalue weighted by atomic mass is 10.2. The second-order valence-corrected chi connectivity index (χ2v) is 2.41. The van der Waals surface area contributed by atoms with E-state index in [9.17, 15) is 4.79 Å². The number of nitrogens with zero attached hydrogens (tertiary/aromatic N) is 1. The third kappa shape index (κ3) is 1.37. The van der Waals surface area contributed by atoms with Crippen LogP contribution in [0.1, 0.15) is 16.1 Å². The summed E-state index contributed by atoms with van der Waals surface area (Å²) >= 11 is 0. The summed E-state index contributed by atoms with van der Waals surface area (Å²) in [6, 6.07) is 1.76. The van der Waals surface area contributed by atoms with Crippen molar-refractivity contribution in [3.8, 4) is 0 Å². The molecule has 0 fully saturated rings. The number of rotatable bonds is 2. The molecule has 0 aromatic carbocycles. The molecule has 64 valence electrons. The highest BCUT2D eigenvalue weighted by Crippen LogP contribution is 2.16. The summed E-state index contributed by atoms with van der Waals surface area (Å²) in [6.07, 6.45) is 1.49. The van der Waals surface area contributed by atoms with Crippen LogP contribution in [0.5, 0.6) is 0 Å². The summed E-state index contributed by atoms with van der Waals surface area (Å²) in [6.45, 7) is 1.83. The molecule has 0 aliphatic carbocycles. The summed E-state index contributed by atoms with van der Waals surface area (Å²) in [4.78, 5) is 14.4. The Labute approximate surface area is 70.3 Å². The van der Waals surface area contributed by atoms with Crippen LogP contribution >= 0.6 is 0 Å². The Kier molecular flexibility index (Phi) is 2.28. The van der Waals surface area contributed by atoms with Gasteiger partial charge in [0.2, 0.25) is 0 Å². The molecule has 0 aliphatic heterocycles. The van der Waals surface area contributed by atoms with Crippen molar-refractivity contribution >= 4 is 11.7 Å². The van der Waals surface area contributed by atoms with Gasteiger partial charge in [0.25, 0.3) is 0 Å². The summed E-state index contributed by atoms with van der Waals surface area (Å²) in [5.74, 6) is -1.01. The van der Waals surface area contributed by atoms with E-state index in [4.69, 9.17) is 5.11 Å². The van der Waals surface area contributed by atoms with Gasteiger partial charge in [0.05, 0.1) is 5.69 Å². The number of carboxylic acids is 1. The number of pyridine rings is 1. The minimum atomic E-state index is -1.01. The van der Waals surface area contributed by atoms with Crippen molar-refractivity contribution in [1.82, 2.24) is 4.98 Å². The second kappa shape index (κ2) is 3.21. The number of aromatic nitrogens is 1. The minimum absolute atomic E-state index is 0.0671. The number of aromatic carboxylic acids is 1. The van der Waals surface area contributed by atoms with Crippen LogP contribution in [0.3, 0.4) is 0 Å². The van der Waals surface area contributed by atoms with Crippen LogP contribution in [0, 0.1) is 6.92 Å². The number of carbonyl (C=O) groups is 1. The lowest BCUT2D eigenvalue weighted by Gasteiger charge is -2.06. The van der Waals surface area contributed by atoms with Gasteiger partial charge in [0.15, 0.2) is 5.69 Å². The van der Waals surface area contributed by atoms with E-state index in [0.29, 0.717) is 5.69 Å². The van der Waals surface area contributed by atoms with E-state index in [1.165, 1.54) is 6.20 Å². The van der Waals surface area contributed by atoms with Gasteiger partial charge in [-0.3, -0.25) is 0 Å². The van der Waals surface area contributed by atoms with Gasteiger partial charge in [-0.15, -0.1) is 0 Å². The molecule has 0 radical (unpaired) electrons. The topological polar surface area (TPSA) is 62.2 Å². The average molecular weight is 166 g/mol. The molecular formula is C8H10N2O2. The molecule has 2 N–H and O–H groups in total. The normalized spacial score (nSPS) is 9.50. The van der Waals surface area contributed by atoms with Crippen molar-refractivity contribution in [3.63, 3.8) is 0 Å². The first kappa shape index (κ1) is 8.52. The molecule has 0 amide bonds. The Hall–Kier alpha value is -1.58. The lowest BCUT2D eigenvalue weighted by molar-refractivity contribution is 0.0691. The molecular weight excluding hydrogens is 156 g/mol. The maximum atomic E-state index is 10.6. The van der Waals surface area contributed by atoms with Crippen molar-refractivity contribution in [2.45, 2.75) is 6.92 Å². The highest BCUT2D eigenvalue weighted by atomic mass is 16.4. The number of hydrogen-bond donors (Lipinski definition) is 2. The third-order valence-corrected chi connectivity index (χ3v) is 1.61. The zero-order chi connectivity index (χ0) is 9.14. The van der Waals surface area contributed by atoms with Crippen LogP contribution in [0.2, 0.25) is 0 Å². The van der Waals surface area contributed by atoms with Gasteiger partial charge in [-0.05, 0) is 18.6 Å². The molecule has 0 saturated carbocycles. The smallest absolute Gasteiger partial charge is 0.356 e. The van der Waals surface area contributed by atoms with Crippen LogP contribution in [0.4, 0.5) is 5.69 Å². The van der Waals surface area contributed by atoms with Crippen LogP contribution in [0.15, 0.2) is 12.3 Å². The monoisotopic (exact) mass is 166 g/mol. The number of aryl methyl sites for hydroxylation is 1. The predicted octanol–water partition coefficient (Wildman–Crippen LogP) is 1.13. The van der Waals surface area contributed by atoms with Gasteiger partial charge < -0.3 is 10.4 Å². The molecule has 1 heterocycles. The Morgan fingerprint density at radius 3 is 2.75 bits per heavy atom. The Morgan fingerprint density at radius 2 is 2.33 bits per heavy atom. The molecule has 0 unspecified atom stereocenters. The van der Waals surface area contributed by atoms with E-state index in [-0.39, 0.29) is 5.69 Å². The summed E-state index contributed by atoms with van der Waals surface area (Å²) in [7, 11) is 1.68. The minimum Gasteiger partial charge on any atom is -0.476 e. The molecule has 0 bridgehead atoms. The molecule has 0 saturated heterocycles. The first-order valence-electron chi connectivity index (χ1n) is 3.53. The zero-order valence-corrected chi connectivity index (χ0v) is 6.96. The highest BCUT2D eigenvalue weighted by molar-refractivity contribution is 5.92. The van der Waals surface area contributed by atoms with E-state index >= 15 is 0 Å². The molecule has 12 heavy (non-hydrogen) atoms. The summed E-state index contributed by atoms with van der Waals surface area (Å²) < 4.78 is 0. The van der Waals surface area contributed by atoms with Crippen LogP contribution in [-0.4, -0.2) is 23.1 Å². The maximum absolute atomic E-state index is 10.6. The number of anilines is 1. The molecule has 0 aliphatic rings. The van der Waals surface area contributed by atoms with Gasteiger partial charge in [0.1, 0.15) is 0 Å². The van der Waals surface area contributed by atoms with Crippen LogP contribution < -0.4 is 5.32 Å². The standard InChI is InChI=1S/C8H10N2O2/c1-5-3-4-10-7(8(11)12)6(5)9-2/h3-4,9H,1-2H3,(H,11,12). The Bertz CT molecular complexity index is 310. The van der Waals surface area contributed by atoms with E-state index < -0.39 is 5.97 Å². The van der Waals surface area contributed by atoms with E-state index in [2.05, 4.69) is 10.3 Å². The predicted molar refractivity (Wildman–Crippen MR) is 45.5 cm³/mol. The second-order valence-electron chi connectivity index (χ2n) is 2.41. The molecule has 1 rings (SSSR count). The maximum Gasteiger partial charge on any atom is 0.356 e. The zero-order valence-electron chi connectivity index (χ0n) is 6.96. The third-order valence-electron chi connectivity index (χ3n) is 1.61. The molecule has 4 nitrogen and oxygen atoms in total. The first-order valence-corrected chi connectivity index (χ1v) is 3.53. The van der Waals surface area contributed by atoms with Crippen LogP contribution in [-0.2, 0) is 0 Å². The van der Waals surface area contributed by atoms with Gasteiger partial charge in [-0.1, -0.05) is 0 Å². The Morgan fingerprint density at radius 1 is 1.67 bits per heavy atom. The molecule has 1 aromatic heterocycles. The van der Waals surface area contributed by atoms with Crippen molar-refractivity contribution in [2.75, 3.05) is 12.4 Å². The largest absolute Gasteiger partial charge is 0.476 e. The van der Waals surface area contributed by atoms with Gasteiger partial charge >= 0.3 is 5.97 Å². The summed E-state index contributed by atoms with van der Waals surface area (Å²) in [5.41, 5.74) is 1.52. The molecule has 0 atom stereocenters. The van der Waals surface area contributed by atoms with Crippen molar-refractivity contribution in [2.24, 2.45) is 0 Å². The molecule has 4 heteroatoms. The van der Waals surface area contributed by atoms with E-state index in [0.717, 1.165) is 5.56 Å². The van der Waals surface area contributed by atoms with E-state index in [1.807, 2.05) is 6.92 Å².